The fourth-order valence-corrected chi connectivity index (χ4v) is 3.38. The minimum absolute atomic E-state index is 0.0887. The van der Waals surface area contributed by atoms with Crippen molar-refractivity contribution < 1.29 is 23.5 Å². The lowest BCUT2D eigenvalue weighted by Gasteiger charge is -2.33. The van der Waals surface area contributed by atoms with Crippen molar-refractivity contribution in [1.82, 2.24) is 14.8 Å². The van der Waals surface area contributed by atoms with E-state index < -0.39 is 11.8 Å². The Labute approximate surface area is 186 Å². The second kappa shape index (κ2) is 10.9. The number of rotatable bonds is 6. The Bertz CT molecular complexity index is 932. The van der Waals surface area contributed by atoms with Gasteiger partial charge in [0.15, 0.2) is 5.82 Å². The van der Waals surface area contributed by atoms with E-state index in [0.717, 1.165) is 5.69 Å². The van der Waals surface area contributed by atoms with Crippen LogP contribution in [0.1, 0.15) is 24.3 Å². The summed E-state index contributed by atoms with van der Waals surface area (Å²) in [6.45, 7) is 4.50. The highest BCUT2D eigenvalue weighted by atomic mass is 19.1. The molecule has 1 fully saturated rings. The predicted molar refractivity (Wildman–Crippen MR) is 118 cm³/mol. The zero-order valence-corrected chi connectivity index (χ0v) is 18.4. The number of piperazine rings is 1. The molecule has 0 saturated carbocycles. The van der Waals surface area contributed by atoms with Crippen LogP contribution in [0, 0.1) is 5.82 Å². The zero-order valence-electron chi connectivity index (χ0n) is 18.4. The van der Waals surface area contributed by atoms with Gasteiger partial charge >= 0.3 is 12.1 Å². The van der Waals surface area contributed by atoms with Crippen LogP contribution < -0.4 is 10.6 Å². The lowest BCUT2D eigenvalue weighted by molar-refractivity contribution is 0.0885. The fraction of sp³-hybridized carbons (Fsp3) is 0.409. The SMILES string of the molecule is COC(=O)N1CCN(Cc2cccc(NC(=O)Nc3ccc(C(C)OC)nc3)c2F)CC1. The normalized spacial score (nSPS) is 15.2. The molecule has 172 valence electrons. The van der Waals surface area contributed by atoms with Crippen LogP contribution in [0.2, 0.25) is 0 Å². The molecule has 2 aromatic rings. The molecule has 1 atom stereocenters. The van der Waals surface area contributed by atoms with Crippen LogP contribution in [0.25, 0.3) is 0 Å². The molecule has 0 radical (unpaired) electrons. The van der Waals surface area contributed by atoms with Gasteiger partial charge in [-0.15, -0.1) is 0 Å². The first-order valence-corrected chi connectivity index (χ1v) is 10.3. The van der Waals surface area contributed by atoms with E-state index in [4.69, 9.17) is 9.47 Å². The van der Waals surface area contributed by atoms with Crippen molar-refractivity contribution in [3.63, 3.8) is 0 Å². The Morgan fingerprint density at radius 2 is 1.88 bits per heavy atom. The van der Waals surface area contributed by atoms with Gasteiger partial charge < -0.3 is 25.0 Å². The van der Waals surface area contributed by atoms with Crippen molar-refractivity contribution in [3.8, 4) is 0 Å². The Balaban J connectivity index is 1.57. The number of amides is 3. The highest BCUT2D eigenvalue weighted by Crippen LogP contribution is 2.21. The molecular formula is C22H28FN5O4. The molecule has 2 heterocycles. The predicted octanol–water partition coefficient (Wildman–Crippen LogP) is 3.46. The number of hydrogen-bond donors (Lipinski definition) is 2. The lowest BCUT2D eigenvalue weighted by Crippen LogP contribution is -2.48. The second-order valence-electron chi connectivity index (χ2n) is 7.44. The van der Waals surface area contributed by atoms with Gasteiger partial charge in [0.1, 0.15) is 0 Å². The summed E-state index contributed by atoms with van der Waals surface area (Å²) in [6, 6.07) is 7.78. The van der Waals surface area contributed by atoms with E-state index >= 15 is 0 Å². The summed E-state index contributed by atoms with van der Waals surface area (Å²) in [5, 5.41) is 5.19. The highest BCUT2D eigenvalue weighted by Gasteiger charge is 2.22. The molecule has 2 N–H and O–H groups in total. The van der Waals surface area contributed by atoms with Gasteiger partial charge in [0.05, 0.1) is 36.5 Å². The van der Waals surface area contributed by atoms with Gasteiger partial charge in [-0.25, -0.2) is 14.0 Å². The average molecular weight is 445 g/mol. The minimum atomic E-state index is -0.568. The van der Waals surface area contributed by atoms with Crippen LogP contribution in [0.3, 0.4) is 0 Å². The van der Waals surface area contributed by atoms with Gasteiger partial charge in [0, 0.05) is 45.4 Å². The Morgan fingerprint density at radius 1 is 1.12 bits per heavy atom. The molecule has 3 rings (SSSR count). The van der Waals surface area contributed by atoms with E-state index in [2.05, 4.69) is 20.5 Å². The number of halogens is 1. The number of aromatic nitrogens is 1. The number of nitrogens with zero attached hydrogens (tertiary/aromatic N) is 3. The Kier molecular flexibility index (Phi) is 7.96. The number of carbonyl (C=O) groups is 2. The summed E-state index contributed by atoms with van der Waals surface area (Å²) in [5.74, 6) is -0.486. The van der Waals surface area contributed by atoms with E-state index in [1.807, 2.05) is 6.92 Å². The Morgan fingerprint density at radius 3 is 2.50 bits per heavy atom. The quantitative estimate of drug-likeness (QED) is 0.707. The number of hydrogen-bond acceptors (Lipinski definition) is 6. The zero-order chi connectivity index (χ0) is 23.1. The monoisotopic (exact) mass is 445 g/mol. The molecule has 1 aromatic heterocycles. The van der Waals surface area contributed by atoms with Gasteiger partial charge in [-0.2, -0.15) is 0 Å². The van der Waals surface area contributed by atoms with Gasteiger partial charge in [0.2, 0.25) is 0 Å². The van der Waals surface area contributed by atoms with E-state index in [0.29, 0.717) is 44.0 Å². The van der Waals surface area contributed by atoms with E-state index in [1.165, 1.54) is 19.4 Å². The van der Waals surface area contributed by atoms with Gasteiger partial charge in [-0.3, -0.25) is 9.88 Å². The lowest BCUT2D eigenvalue weighted by atomic mass is 10.1. The summed E-state index contributed by atoms with van der Waals surface area (Å²) < 4.78 is 24.9. The Hall–Kier alpha value is -3.24. The van der Waals surface area contributed by atoms with Crippen LogP contribution >= 0.6 is 0 Å². The first kappa shape index (κ1) is 23.4. The molecule has 32 heavy (non-hydrogen) atoms. The van der Waals surface area contributed by atoms with E-state index in [-0.39, 0.29) is 17.9 Å². The summed E-state index contributed by atoms with van der Waals surface area (Å²) in [6.07, 6.45) is 1.01. The number of ether oxygens (including phenoxy) is 2. The van der Waals surface area contributed by atoms with Crippen molar-refractivity contribution in [3.05, 3.63) is 53.6 Å². The molecule has 3 amide bonds. The third kappa shape index (κ3) is 5.92. The minimum Gasteiger partial charge on any atom is -0.453 e. The molecule has 0 aliphatic carbocycles. The molecule has 1 saturated heterocycles. The number of anilines is 2. The van der Waals surface area contributed by atoms with Crippen molar-refractivity contribution in [2.75, 3.05) is 51.0 Å². The van der Waals surface area contributed by atoms with Crippen molar-refractivity contribution in [1.29, 1.82) is 0 Å². The number of carbonyl (C=O) groups excluding carboxylic acids is 2. The molecule has 10 heteroatoms. The maximum atomic E-state index is 15.0. The van der Waals surface area contributed by atoms with Crippen molar-refractivity contribution in [2.45, 2.75) is 19.6 Å². The third-order valence-corrected chi connectivity index (χ3v) is 5.34. The molecule has 1 aliphatic rings. The maximum absolute atomic E-state index is 15.0. The average Bonchev–Trinajstić information content (AvgIpc) is 2.81. The van der Waals surface area contributed by atoms with Crippen LogP contribution in [0.15, 0.2) is 36.5 Å². The molecule has 0 bridgehead atoms. The number of benzene rings is 1. The maximum Gasteiger partial charge on any atom is 0.409 e. The van der Waals surface area contributed by atoms with Crippen molar-refractivity contribution in [2.24, 2.45) is 0 Å². The largest absolute Gasteiger partial charge is 0.453 e. The van der Waals surface area contributed by atoms with Crippen LogP contribution in [-0.4, -0.2) is 67.3 Å². The van der Waals surface area contributed by atoms with Gasteiger partial charge in [0.25, 0.3) is 0 Å². The van der Waals surface area contributed by atoms with Crippen molar-refractivity contribution >= 4 is 23.5 Å². The molecule has 9 nitrogen and oxygen atoms in total. The molecule has 1 unspecified atom stereocenters. The third-order valence-electron chi connectivity index (χ3n) is 5.34. The van der Waals surface area contributed by atoms with Crippen LogP contribution in [0.5, 0.6) is 0 Å². The smallest absolute Gasteiger partial charge is 0.409 e. The first-order valence-electron chi connectivity index (χ1n) is 10.3. The summed E-state index contributed by atoms with van der Waals surface area (Å²) in [4.78, 5) is 31.8. The van der Waals surface area contributed by atoms with Gasteiger partial charge in [-0.05, 0) is 25.1 Å². The molecule has 0 spiro atoms. The number of pyridine rings is 1. The van der Waals surface area contributed by atoms with Crippen LogP contribution in [0.4, 0.5) is 25.4 Å². The number of methoxy groups -OCH3 is 2. The standard InChI is InChI=1S/C22H28FN5O4/c1-15(31-2)18-8-7-17(13-24-18)25-21(29)26-19-6-4-5-16(20(19)23)14-27-9-11-28(12-10-27)22(30)32-3/h4-8,13,15H,9-12,14H2,1-3H3,(H2,25,26,29). The summed E-state index contributed by atoms with van der Waals surface area (Å²) >= 11 is 0. The van der Waals surface area contributed by atoms with Crippen LogP contribution in [-0.2, 0) is 16.0 Å². The van der Waals surface area contributed by atoms with E-state index in [1.54, 1.807) is 36.3 Å². The summed E-state index contributed by atoms with van der Waals surface area (Å²) in [7, 11) is 2.95. The number of nitrogens with one attached hydrogen (secondary N) is 2. The molecule has 1 aromatic carbocycles. The fourth-order valence-electron chi connectivity index (χ4n) is 3.38. The molecule has 1 aliphatic heterocycles. The topological polar surface area (TPSA) is 96.0 Å². The highest BCUT2D eigenvalue weighted by molar-refractivity contribution is 5.99. The summed E-state index contributed by atoms with van der Waals surface area (Å²) in [5.41, 5.74) is 1.78. The molecular weight excluding hydrogens is 417 g/mol. The first-order chi connectivity index (χ1) is 15.4. The second-order valence-corrected chi connectivity index (χ2v) is 7.44. The number of urea groups is 1. The van der Waals surface area contributed by atoms with E-state index in [9.17, 15) is 14.0 Å². The van der Waals surface area contributed by atoms with Gasteiger partial charge in [-0.1, -0.05) is 12.1 Å².